The number of carbonyl (C=O) groups is 3. The molecule has 0 saturated heterocycles. The van der Waals surface area contributed by atoms with Gasteiger partial charge in [-0.25, -0.2) is 14.4 Å². The minimum Gasteiger partial charge on any atom is -0.480 e. The molecule has 150 valence electrons. The first kappa shape index (κ1) is 22.1. The van der Waals surface area contributed by atoms with Crippen molar-refractivity contribution < 1.29 is 29.0 Å². The fraction of sp³-hybridized carbons (Fsp3) is 0.500. The number of hydrogen-bond acceptors (Lipinski definition) is 6. The summed E-state index contributed by atoms with van der Waals surface area (Å²) in [6.07, 6.45) is -0.944. The molecule has 1 atom stereocenters. The van der Waals surface area contributed by atoms with Crippen LogP contribution in [0.5, 0.6) is 0 Å². The number of amides is 2. The van der Waals surface area contributed by atoms with Crippen LogP contribution in [-0.4, -0.2) is 41.4 Å². The summed E-state index contributed by atoms with van der Waals surface area (Å²) in [5.41, 5.74) is 6.27. The molecule has 0 bridgehead atoms. The molecule has 0 aliphatic rings. The number of anilines is 1. The van der Waals surface area contributed by atoms with Crippen molar-refractivity contribution in [3.05, 3.63) is 29.8 Å². The van der Waals surface area contributed by atoms with Gasteiger partial charge in [-0.3, -0.25) is 0 Å². The van der Waals surface area contributed by atoms with Gasteiger partial charge < -0.3 is 30.9 Å². The van der Waals surface area contributed by atoms with E-state index < -0.39 is 29.8 Å². The number of rotatable bonds is 8. The topological polar surface area (TPSA) is 140 Å². The Morgan fingerprint density at radius 2 is 1.78 bits per heavy atom. The van der Waals surface area contributed by atoms with Crippen LogP contribution in [0.3, 0.4) is 0 Å². The third kappa shape index (κ3) is 9.93. The van der Waals surface area contributed by atoms with E-state index in [4.69, 9.17) is 20.3 Å². The van der Waals surface area contributed by atoms with Crippen LogP contribution in [0.25, 0.3) is 0 Å². The van der Waals surface area contributed by atoms with Gasteiger partial charge in [0.05, 0.1) is 0 Å². The molecule has 2 amide bonds. The monoisotopic (exact) mass is 381 g/mol. The molecule has 1 aromatic rings. The van der Waals surface area contributed by atoms with Gasteiger partial charge >= 0.3 is 18.2 Å². The second kappa shape index (κ2) is 10.2. The van der Waals surface area contributed by atoms with Crippen LogP contribution >= 0.6 is 0 Å². The highest BCUT2D eigenvalue weighted by Crippen LogP contribution is 2.08. The second-order valence-corrected chi connectivity index (χ2v) is 6.92. The first-order valence-electron chi connectivity index (χ1n) is 8.54. The van der Waals surface area contributed by atoms with Crippen LogP contribution in [0.1, 0.15) is 39.2 Å². The third-order valence-corrected chi connectivity index (χ3v) is 3.28. The van der Waals surface area contributed by atoms with Gasteiger partial charge in [-0.2, -0.15) is 0 Å². The number of benzene rings is 1. The first-order valence-corrected chi connectivity index (χ1v) is 8.54. The van der Waals surface area contributed by atoms with Gasteiger partial charge in [0.15, 0.2) is 0 Å². The molecule has 0 aromatic heterocycles. The van der Waals surface area contributed by atoms with Gasteiger partial charge in [0.2, 0.25) is 0 Å². The van der Waals surface area contributed by atoms with Gasteiger partial charge in [-0.05, 0) is 51.3 Å². The Bertz CT molecular complexity index is 639. The van der Waals surface area contributed by atoms with Crippen molar-refractivity contribution in [2.24, 2.45) is 0 Å². The van der Waals surface area contributed by atoms with Crippen molar-refractivity contribution in [1.82, 2.24) is 10.6 Å². The van der Waals surface area contributed by atoms with Crippen LogP contribution in [-0.2, 0) is 20.9 Å². The second-order valence-electron chi connectivity index (χ2n) is 6.92. The van der Waals surface area contributed by atoms with E-state index in [1.165, 1.54) is 0 Å². The zero-order valence-electron chi connectivity index (χ0n) is 15.8. The zero-order chi connectivity index (χ0) is 20.4. The van der Waals surface area contributed by atoms with Gasteiger partial charge in [-0.15, -0.1) is 0 Å². The Labute approximate surface area is 158 Å². The number of nitrogens with two attached hydrogens (primary N) is 1. The maximum Gasteiger partial charge on any atom is 0.408 e. The Kier molecular flexibility index (Phi) is 8.37. The van der Waals surface area contributed by atoms with E-state index in [-0.39, 0.29) is 19.6 Å². The summed E-state index contributed by atoms with van der Waals surface area (Å²) in [5, 5.41) is 14.0. The highest BCUT2D eigenvalue weighted by molar-refractivity contribution is 5.80. The van der Waals surface area contributed by atoms with Crippen LogP contribution in [0.4, 0.5) is 15.3 Å². The quantitative estimate of drug-likeness (QED) is 0.400. The third-order valence-electron chi connectivity index (χ3n) is 3.28. The number of alkyl carbamates (subject to hydrolysis) is 2. The van der Waals surface area contributed by atoms with E-state index in [1.807, 2.05) is 0 Å². The molecule has 0 aliphatic carbocycles. The molecular formula is C18H27N3O6. The van der Waals surface area contributed by atoms with Gasteiger partial charge in [0.1, 0.15) is 18.2 Å². The van der Waals surface area contributed by atoms with Crippen LogP contribution in [0, 0.1) is 0 Å². The molecule has 0 fully saturated rings. The average molecular weight is 381 g/mol. The molecular weight excluding hydrogens is 354 g/mol. The molecule has 5 N–H and O–H groups in total. The molecule has 0 spiro atoms. The van der Waals surface area contributed by atoms with Crippen molar-refractivity contribution in [3.63, 3.8) is 0 Å². The lowest BCUT2D eigenvalue weighted by Gasteiger charge is -2.22. The minimum absolute atomic E-state index is 0.101. The van der Waals surface area contributed by atoms with Crippen molar-refractivity contribution >= 4 is 23.8 Å². The summed E-state index contributed by atoms with van der Waals surface area (Å²) in [6, 6.07) is 5.82. The molecule has 0 saturated carbocycles. The lowest BCUT2D eigenvalue weighted by atomic mass is 10.1. The lowest BCUT2D eigenvalue weighted by molar-refractivity contribution is -0.139. The summed E-state index contributed by atoms with van der Waals surface area (Å²) in [5.74, 6) is -1.17. The number of carbonyl (C=O) groups excluding carboxylic acids is 2. The number of hydrogen-bond donors (Lipinski definition) is 4. The van der Waals surface area contributed by atoms with E-state index in [1.54, 1.807) is 45.0 Å². The van der Waals surface area contributed by atoms with Gasteiger partial charge in [-0.1, -0.05) is 12.1 Å². The molecule has 9 heteroatoms. The Morgan fingerprint density at radius 1 is 1.15 bits per heavy atom. The van der Waals surface area contributed by atoms with E-state index >= 15 is 0 Å². The number of nitrogens with one attached hydrogen (secondary N) is 2. The predicted octanol–water partition coefficient (Wildman–Crippen LogP) is 2.25. The Hall–Kier alpha value is -2.97. The van der Waals surface area contributed by atoms with E-state index in [2.05, 4.69) is 10.6 Å². The van der Waals surface area contributed by atoms with E-state index in [9.17, 15) is 14.4 Å². The van der Waals surface area contributed by atoms with Gasteiger partial charge in [0, 0.05) is 12.2 Å². The number of carboxylic acids is 1. The molecule has 9 nitrogen and oxygen atoms in total. The van der Waals surface area contributed by atoms with Crippen molar-refractivity contribution in [3.8, 4) is 0 Å². The minimum atomic E-state index is -1.17. The largest absolute Gasteiger partial charge is 0.480 e. The molecule has 0 aliphatic heterocycles. The summed E-state index contributed by atoms with van der Waals surface area (Å²) >= 11 is 0. The standard InChI is InChI=1S/C18H27N3O6/c1-18(2,3)27-17(25)21-14(15(22)23)5-4-10-20-16(24)26-11-12-6-8-13(19)9-7-12/h6-9,14H,4-5,10-11,19H2,1-3H3,(H,20,24)(H,21,25)(H,22,23)/t14-/m0/s1. The van der Waals surface area contributed by atoms with Crippen LogP contribution in [0.2, 0.25) is 0 Å². The lowest BCUT2D eigenvalue weighted by Crippen LogP contribution is -2.43. The fourth-order valence-electron chi connectivity index (χ4n) is 2.02. The summed E-state index contributed by atoms with van der Waals surface area (Å²) < 4.78 is 10.1. The molecule has 0 unspecified atom stereocenters. The summed E-state index contributed by atoms with van der Waals surface area (Å²) in [7, 11) is 0. The average Bonchev–Trinajstić information content (AvgIpc) is 2.55. The number of ether oxygens (including phenoxy) is 2. The predicted molar refractivity (Wildman–Crippen MR) is 99.1 cm³/mol. The number of nitrogen functional groups attached to an aromatic ring is 1. The smallest absolute Gasteiger partial charge is 0.408 e. The maximum absolute atomic E-state index is 11.7. The highest BCUT2D eigenvalue weighted by atomic mass is 16.6. The summed E-state index contributed by atoms with van der Waals surface area (Å²) in [6.45, 7) is 5.36. The van der Waals surface area contributed by atoms with E-state index in [0.29, 0.717) is 12.1 Å². The number of aliphatic carboxylic acids is 1. The molecule has 0 radical (unpaired) electrons. The van der Waals surface area contributed by atoms with Gasteiger partial charge in [0.25, 0.3) is 0 Å². The molecule has 1 rings (SSSR count). The van der Waals surface area contributed by atoms with Crippen LogP contribution < -0.4 is 16.4 Å². The molecule has 0 heterocycles. The van der Waals surface area contributed by atoms with Crippen molar-refractivity contribution in [1.29, 1.82) is 0 Å². The number of carboxylic acid groups (broad SMARTS) is 1. The zero-order valence-corrected chi connectivity index (χ0v) is 15.8. The van der Waals surface area contributed by atoms with Crippen molar-refractivity contribution in [2.75, 3.05) is 12.3 Å². The Balaban J connectivity index is 2.28. The maximum atomic E-state index is 11.7. The first-order chi connectivity index (χ1) is 12.6. The normalized spacial score (nSPS) is 12.0. The highest BCUT2D eigenvalue weighted by Gasteiger charge is 2.23. The Morgan fingerprint density at radius 3 is 2.33 bits per heavy atom. The van der Waals surface area contributed by atoms with Crippen molar-refractivity contribution in [2.45, 2.75) is 51.9 Å². The van der Waals surface area contributed by atoms with E-state index in [0.717, 1.165) is 5.56 Å². The molecule has 27 heavy (non-hydrogen) atoms. The summed E-state index contributed by atoms with van der Waals surface area (Å²) in [4.78, 5) is 34.5. The SMILES string of the molecule is CC(C)(C)OC(=O)N[C@@H](CCCNC(=O)OCc1ccc(N)cc1)C(=O)O. The molecule has 1 aromatic carbocycles. The van der Waals surface area contributed by atoms with Crippen LogP contribution in [0.15, 0.2) is 24.3 Å². The fourth-order valence-corrected chi connectivity index (χ4v) is 2.02.